The quantitative estimate of drug-likeness (QED) is 0.184. The SMILES string of the molecule is NNC(CC(=O)c1ccc(-c2ccc(C(F)(F)F)cn2)[nH]1)c1csc(C(=O)NCCO)n1. The van der Waals surface area contributed by atoms with Crippen LogP contribution in [0.3, 0.4) is 0 Å². The number of nitrogens with two attached hydrogens (primary N) is 1. The Labute approximate surface area is 183 Å². The maximum atomic E-state index is 12.7. The van der Waals surface area contributed by atoms with E-state index in [0.29, 0.717) is 11.4 Å². The van der Waals surface area contributed by atoms with E-state index in [1.807, 2.05) is 0 Å². The van der Waals surface area contributed by atoms with Gasteiger partial charge in [-0.2, -0.15) is 13.2 Å². The summed E-state index contributed by atoms with van der Waals surface area (Å²) in [5.74, 6) is 4.78. The smallest absolute Gasteiger partial charge is 0.395 e. The monoisotopic (exact) mass is 468 g/mol. The highest BCUT2D eigenvalue weighted by Gasteiger charge is 2.30. The molecule has 1 unspecified atom stereocenters. The number of Topliss-reactive ketones (excluding diaryl/α,β-unsaturated/α-hetero) is 1. The number of hydrazine groups is 1. The van der Waals surface area contributed by atoms with Gasteiger partial charge in [0.15, 0.2) is 10.8 Å². The van der Waals surface area contributed by atoms with Gasteiger partial charge in [0.1, 0.15) is 0 Å². The van der Waals surface area contributed by atoms with Gasteiger partial charge in [0.25, 0.3) is 5.91 Å². The zero-order chi connectivity index (χ0) is 23.3. The molecule has 0 aliphatic rings. The average Bonchev–Trinajstić information content (AvgIpc) is 3.45. The number of rotatable bonds is 9. The Balaban J connectivity index is 1.68. The number of aromatic nitrogens is 3. The minimum atomic E-state index is -4.48. The van der Waals surface area contributed by atoms with E-state index in [2.05, 4.69) is 25.7 Å². The summed E-state index contributed by atoms with van der Waals surface area (Å²) in [4.78, 5) is 35.4. The van der Waals surface area contributed by atoms with Crippen LogP contribution in [0.4, 0.5) is 13.2 Å². The first-order valence-electron chi connectivity index (χ1n) is 9.29. The third-order valence-electron chi connectivity index (χ3n) is 4.41. The van der Waals surface area contributed by atoms with Crippen LogP contribution in [0.15, 0.2) is 35.8 Å². The molecule has 1 atom stereocenters. The van der Waals surface area contributed by atoms with E-state index in [0.717, 1.165) is 23.6 Å². The number of nitrogens with one attached hydrogen (secondary N) is 3. The summed E-state index contributed by atoms with van der Waals surface area (Å²) in [7, 11) is 0. The van der Waals surface area contributed by atoms with Crippen molar-refractivity contribution < 1.29 is 27.9 Å². The van der Waals surface area contributed by atoms with Gasteiger partial charge >= 0.3 is 6.18 Å². The van der Waals surface area contributed by atoms with Crippen LogP contribution in [0.5, 0.6) is 0 Å². The fourth-order valence-corrected chi connectivity index (χ4v) is 3.55. The molecule has 0 aliphatic carbocycles. The Hall–Kier alpha value is -3.13. The largest absolute Gasteiger partial charge is 0.417 e. The van der Waals surface area contributed by atoms with Gasteiger partial charge < -0.3 is 15.4 Å². The van der Waals surface area contributed by atoms with Gasteiger partial charge in [0, 0.05) is 24.5 Å². The molecule has 3 rings (SSSR count). The van der Waals surface area contributed by atoms with Gasteiger partial charge in [-0.3, -0.25) is 25.8 Å². The molecule has 9 nitrogen and oxygen atoms in total. The number of pyridine rings is 1. The lowest BCUT2D eigenvalue weighted by atomic mass is 10.1. The maximum Gasteiger partial charge on any atom is 0.417 e. The van der Waals surface area contributed by atoms with Crippen molar-refractivity contribution in [1.82, 2.24) is 25.7 Å². The first-order chi connectivity index (χ1) is 15.2. The summed E-state index contributed by atoms with van der Waals surface area (Å²) < 4.78 is 38.0. The molecule has 3 aromatic rings. The number of H-pyrrole nitrogens is 1. The molecule has 6 N–H and O–H groups in total. The number of halogens is 3. The predicted octanol–water partition coefficient (Wildman–Crippen LogP) is 2.05. The number of hydrogen-bond donors (Lipinski definition) is 5. The van der Waals surface area contributed by atoms with E-state index in [4.69, 9.17) is 10.9 Å². The van der Waals surface area contributed by atoms with Crippen molar-refractivity contribution in [3.8, 4) is 11.4 Å². The van der Waals surface area contributed by atoms with Gasteiger partial charge in [0.2, 0.25) is 0 Å². The van der Waals surface area contributed by atoms with Gasteiger partial charge in [-0.1, -0.05) is 0 Å². The second-order valence-electron chi connectivity index (χ2n) is 6.62. The molecular weight excluding hydrogens is 449 g/mol. The molecule has 3 aromatic heterocycles. The lowest BCUT2D eigenvalue weighted by Gasteiger charge is -2.12. The number of hydrogen-bond acceptors (Lipinski definition) is 8. The minimum absolute atomic E-state index is 0.0850. The van der Waals surface area contributed by atoms with Gasteiger partial charge in [-0.05, 0) is 24.3 Å². The Morgan fingerprint density at radius 1 is 1.25 bits per heavy atom. The van der Waals surface area contributed by atoms with Crippen molar-refractivity contribution in [2.24, 2.45) is 5.84 Å². The normalized spacial score (nSPS) is 12.5. The number of thiazole rings is 1. The first-order valence-corrected chi connectivity index (χ1v) is 10.2. The molecule has 0 spiro atoms. The highest BCUT2D eigenvalue weighted by molar-refractivity contribution is 7.11. The van der Waals surface area contributed by atoms with Gasteiger partial charge in [0.05, 0.1) is 41.0 Å². The zero-order valence-corrected chi connectivity index (χ0v) is 17.3. The van der Waals surface area contributed by atoms with Crippen molar-refractivity contribution in [3.63, 3.8) is 0 Å². The standard InChI is InChI=1S/C19H19F3N6O3S/c20-19(21,22)10-1-2-11(25-8-10)12-3-4-13(26-12)16(30)7-14(28-23)15-9-32-18(27-15)17(31)24-5-6-29/h1-4,8-9,14,26,28-29H,5-7,23H2,(H,24,31). The van der Waals surface area contributed by atoms with Gasteiger partial charge in [-0.25, -0.2) is 4.98 Å². The molecule has 3 heterocycles. The average molecular weight is 468 g/mol. The lowest BCUT2D eigenvalue weighted by molar-refractivity contribution is -0.137. The minimum Gasteiger partial charge on any atom is -0.395 e. The zero-order valence-electron chi connectivity index (χ0n) is 16.4. The molecule has 0 aliphatic heterocycles. The van der Waals surface area contributed by atoms with Crippen LogP contribution >= 0.6 is 11.3 Å². The first kappa shape index (κ1) is 23.5. The van der Waals surface area contributed by atoms with Crippen molar-refractivity contribution in [2.45, 2.75) is 18.6 Å². The van der Waals surface area contributed by atoms with Crippen molar-refractivity contribution in [1.29, 1.82) is 0 Å². The van der Waals surface area contributed by atoms with Crippen molar-refractivity contribution in [3.05, 3.63) is 57.8 Å². The van der Waals surface area contributed by atoms with Crippen molar-refractivity contribution in [2.75, 3.05) is 13.2 Å². The predicted molar refractivity (Wildman–Crippen MR) is 110 cm³/mol. The molecule has 32 heavy (non-hydrogen) atoms. The highest BCUT2D eigenvalue weighted by Crippen LogP contribution is 2.30. The van der Waals surface area contributed by atoms with Crippen LogP contribution in [0, 0.1) is 0 Å². The summed E-state index contributed by atoms with van der Waals surface area (Å²) in [5.41, 5.74) is 2.88. The van der Waals surface area contributed by atoms with Crippen LogP contribution in [-0.2, 0) is 6.18 Å². The molecule has 0 saturated carbocycles. The number of amides is 1. The Kier molecular flexibility index (Phi) is 7.35. The third kappa shape index (κ3) is 5.56. The number of carbonyl (C=O) groups excluding carboxylic acids is 2. The third-order valence-corrected chi connectivity index (χ3v) is 5.27. The summed E-state index contributed by atoms with van der Waals surface area (Å²) in [6, 6.07) is 4.50. The van der Waals surface area contributed by atoms with Crippen molar-refractivity contribution >= 4 is 23.0 Å². The number of nitrogens with zero attached hydrogens (tertiary/aromatic N) is 2. The molecule has 13 heteroatoms. The summed E-state index contributed by atoms with van der Waals surface area (Å²) in [6.45, 7) is -0.112. The molecule has 0 radical (unpaired) electrons. The number of carbonyl (C=O) groups is 2. The molecule has 0 fully saturated rings. The van der Waals surface area contributed by atoms with E-state index < -0.39 is 23.7 Å². The highest BCUT2D eigenvalue weighted by atomic mass is 32.1. The van der Waals surface area contributed by atoms with Crippen LogP contribution in [0.25, 0.3) is 11.4 Å². The van der Waals surface area contributed by atoms with E-state index in [-0.39, 0.29) is 41.8 Å². The van der Waals surface area contributed by atoms with E-state index in [1.165, 1.54) is 12.1 Å². The topological polar surface area (TPSA) is 146 Å². The van der Waals surface area contributed by atoms with Gasteiger partial charge in [-0.15, -0.1) is 11.3 Å². The summed E-state index contributed by atoms with van der Waals surface area (Å²) in [5, 5.41) is 13.0. The second-order valence-corrected chi connectivity index (χ2v) is 7.48. The number of aliphatic hydroxyl groups excluding tert-OH is 1. The number of ketones is 1. The number of aliphatic hydroxyl groups is 1. The Morgan fingerprint density at radius 3 is 2.66 bits per heavy atom. The molecule has 1 amide bonds. The Bertz CT molecular complexity index is 1080. The molecule has 0 bridgehead atoms. The van der Waals surface area contributed by atoms with Crippen LogP contribution < -0.4 is 16.6 Å². The summed E-state index contributed by atoms with van der Waals surface area (Å²) >= 11 is 1.07. The fourth-order valence-electron chi connectivity index (χ4n) is 2.77. The van der Waals surface area contributed by atoms with E-state index >= 15 is 0 Å². The van der Waals surface area contributed by atoms with Crippen LogP contribution in [0.2, 0.25) is 0 Å². The Morgan fingerprint density at radius 2 is 2.03 bits per heavy atom. The number of alkyl halides is 3. The molecule has 0 aromatic carbocycles. The van der Waals surface area contributed by atoms with Crippen LogP contribution in [0.1, 0.15) is 44.0 Å². The molecular formula is C19H19F3N6O3S. The second kappa shape index (κ2) is 9.99. The molecule has 0 saturated heterocycles. The summed E-state index contributed by atoms with van der Waals surface area (Å²) in [6.07, 6.45) is -3.84. The van der Waals surface area contributed by atoms with E-state index in [1.54, 1.807) is 11.4 Å². The number of aromatic amines is 1. The lowest BCUT2D eigenvalue weighted by Crippen LogP contribution is -2.30. The fraction of sp³-hybridized carbons (Fsp3) is 0.263. The van der Waals surface area contributed by atoms with Crippen LogP contribution in [-0.4, -0.2) is 44.9 Å². The van der Waals surface area contributed by atoms with E-state index in [9.17, 15) is 22.8 Å². The maximum absolute atomic E-state index is 12.7. The molecule has 170 valence electrons.